The van der Waals surface area contributed by atoms with Crippen molar-refractivity contribution in [2.75, 3.05) is 20.1 Å². The molecule has 2 N–H and O–H groups in total. The van der Waals surface area contributed by atoms with Crippen molar-refractivity contribution in [2.45, 2.75) is 25.8 Å². The number of nitrogens with one attached hydrogen (secondary N) is 2. The summed E-state index contributed by atoms with van der Waals surface area (Å²) in [4.78, 5) is 22.5. The van der Waals surface area contributed by atoms with Crippen LogP contribution in [-0.4, -0.2) is 40.9 Å². The van der Waals surface area contributed by atoms with Crippen LogP contribution in [0.3, 0.4) is 0 Å². The predicted octanol–water partition coefficient (Wildman–Crippen LogP) is 3.93. The molecule has 0 fully saturated rings. The van der Waals surface area contributed by atoms with E-state index in [2.05, 4.69) is 45.4 Å². The lowest BCUT2D eigenvalue weighted by Gasteiger charge is -2.22. The molecular weight excluding hydrogens is 348 g/mol. The van der Waals surface area contributed by atoms with Crippen molar-refractivity contribution in [1.82, 2.24) is 20.2 Å². The molecule has 2 aliphatic rings. The SMILES string of the molecule is CN1CC=C(c2cnc3[nH]cc(-c4ccc5c(c4)C(C)(C)NC5=O)c3c2)CC1. The van der Waals surface area contributed by atoms with Crippen LogP contribution in [0.2, 0.25) is 0 Å². The summed E-state index contributed by atoms with van der Waals surface area (Å²) in [5.74, 6) is 0.00336. The first-order valence-corrected chi connectivity index (χ1v) is 9.75. The number of carbonyl (C=O) groups is 1. The summed E-state index contributed by atoms with van der Waals surface area (Å²) in [5.41, 5.74) is 7.14. The highest BCUT2D eigenvalue weighted by molar-refractivity contribution is 6.02. The molecule has 1 aromatic carbocycles. The van der Waals surface area contributed by atoms with Gasteiger partial charge in [-0.05, 0) is 67.8 Å². The van der Waals surface area contributed by atoms with E-state index < -0.39 is 0 Å². The van der Waals surface area contributed by atoms with Crippen molar-refractivity contribution >= 4 is 22.5 Å². The Morgan fingerprint density at radius 2 is 2.00 bits per heavy atom. The highest BCUT2D eigenvalue weighted by atomic mass is 16.2. The summed E-state index contributed by atoms with van der Waals surface area (Å²) in [6, 6.07) is 8.35. The number of likely N-dealkylation sites (N-methyl/N-ethyl adjacent to an activating group) is 1. The van der Waals surface area contributed by atoms with E-state index in [1.165, 1.54) is 11.1 Å². The second-order valence-corrected chi connectivity index (χ2v) is 8.40. The number of hydrogen-bond acceptors (Lipinski definition) is 3. The maximum absolute atomic E-state index is 12.2. The van der Waals surface area contributed by atoms with Gasteiger partial charge in [-0.1, -0.05) is 12.1 Å². The van der Waals surface area contributed by atoms with Crippen molar-refractivity contribution in [2.24, 2.45) is 0 Å². The van der Waals surface area contributed by atoms with Crippen molar-refractivity contribution in [3.05, 3.63) is 59.4 Å². The first-order valence-electron chi connectivity index (χ1n) is 9.75. The van der Waals surface area contributed by atoms with E-state index in [-0.39, 0.29) is 11.4 Å². The zero-order valence-corrected chi connectivity index (χ0v) is 16.5. The predicted molar refractivity (Wildman–Crippen MR) is 112 cm³/mol. The monoisotopic (exact) mass is 372 g/mol. The smallest absolute Gasteiger partial charge is 0.252 e. The second kappa shape index (κ2) is 6.04. The van der Waals surface area contributed by atoms with E-state index in [0.29, 0.717) is 0 Å². The Balaban J connectivity index is 1.61. The number of rotatable bonds is 2. The van der Waals surface area contributed by atoms with Crippen LogP contribution in [-0.2, 0) is 5.54 Å². The molecule has 1 amide bonds. The average molecular weight is 372 g/mol. The van der Waals surface area contributed by atoms with Gasteiger partial charge in [0.15, 0.2) is 0 Å². The maximum Gasteiger partial charge on any atom is 0.252 e. The molecule has 0 saturated carbocycles. The lowest BCUT2D eigenvalue weighted by atomic mass is 9.91. The van der Waals surface area contributed by atoms with Gasteiger partial charge in [-0.3, -0.25) is 4.79 Å². The van der Waals surface area contributed by atoms with Gasteiger partial charge in [0.25, 0.3) is 5.91 Å². The van der Waals surface area contributed by atoms with E-state index >= 15 is 0 Å². The molecule has 0 bridgehead atoms. The molecule has 0 unspecified atom stereocenters. The molecule has 28 heavy (non-hydrogen) atoms. The Morgan fingerprint density at radius 3 is 2.79 bits per heavy atom. The number of aromatic amines is 1. The molecule has 4 heterocycles. The molecule has 0 aliphatic carbocycles. The van der Waals surface area contributed by atoms with Crippen LogP contribution in [0.5, 0.6) is 0 Å². The van der Waals surface area contributed by atoms with Gasteiger partial charge < -0.3 is 15.2 Å². The highest BCUT2D eigenvalue weighted by Gasteiger charge is 2.35. The Morgan fingerprint density at radius 1 is 1.14 bits per heavy atom. The molecular formula is C23H24N4O. The fraction of sp³-hybridized carbons (Fsp3) is 0.304. The van der Waals surface area contributed by atoms with Crippen LogP contribution >= 0.6 is 0 Å². The lowest BCUT2D eigenvalue weighted by Crippen LogP contribution is -2.32. The summed E-state index contributed by atoms with van der Waals surface area (Å²) < 4.78 is 0. The third kappa shape index (κ3) is 2.66. The Labute approximate surface area is 164 Å². The third-order valence-electron chi connectivity index (χ3n) is 5.99. The number of pyridine rings is 1. The van der Waals surface area contributed by atoms with E-state index in [1.807, 2.05) is 38.4 Å². The molecule has 142 valence electrons. The Hall–Kier alpha value is -2.92. The molecule has 0 saturated heterocycles. The Bertz CT molecular complexity index is 1140. The van der Waals surface area contributed by atoms with Crippen LogP contribution in [0.4, 0.5) is 0 Å². The van der Waals surface area contributed by atoms with Gasteiger partial charge in [-0.25, -0.2) is 4.98 Å². The number of H-pyrrole nitrogens is 1. The van der Waals surface area contributed by atoms with E-state index in [4.69, 9.17) is 0 Å². The molecule has 0 radical (unpaired) electrons. The van der Waals surface area contributed by atoms with Crippen LogP contribution < -0.4 is 5.32 Å². The van der Waals surface area contributed by atoms with Crippen molar-refractivity contribution in [1.29, 1.82) is 0 Å². The molecule has 3 aromatic rings. The van der Waals surface area contributed by atoms with Gasteiger partial charge in [-0.2, -0.15) is 0 Å². The summed E-state index contributed by atoms with van der Waals surface area (Å²) in [6.07, 6.45) is 7.33. The zero-order chi connectivity index (χ0) is 19.5. The number of carbonyl (C=O) groups excluding carboxylic acids is 1. The van der Waals surface area contributed by atoms with Crippen LogP contribution in [0.25, 0.3) is 27.7 Å². The standard InChI is InChI=1S/C23H24N4O/c1-23(2)20-11-15(4-5-17(20)22(28)26-23)19-13-25-21-18(19)10-16(12-24-21)14-6-8-27(3)9-7-14/h4-6,10-13H,7-9H2,1-3H3,(H,24,25)(H,26,28). The molecule has 0 atom stereocenters. The lowest BCUT2D eigenvalue weighted by molar-refractivity contribution is 0.0940. The van der Waals surface area contributed by atoms with Crippen molar-refractivity contribution in [3.63, 3.8) is 0 Å². The largest absolute Gasteiger partial charge is 0.346 e. The first kappa shape index (κ1) is 17.2. The van der Waals surface area contributed by atoms with E-state index in [9.17, 15) is 4.79 Å². The molecule has 2 aromatic heterocycles. The first-order chi connectivity index (χ1) is 13.4. The molecule has 5 heteroatoms. The maximum atomic E-state index is 12.2. The van der Waals surface area contributed by atoms with Gasteiger partial charge in [-0.15, -0.1) is 0 Å². The summed E-state index contributed by atoms with van der Waals surface area (Å²) >= 11 is 0. The van der Waals surface area contributed by atoms with Crippen LogP contribution in [0, 0.1) is 0 Å². The van der Waals surface area contributed by atoms with Gasteiger partial charge in [0.05, 0.1) is 5.54 Å². The number of benzene rings is 1. The minimum absolute atomic E-state index is 0.00336. The average Bonchev–Trinajstić information content (AvgIpc) is 3.20. The van der Waals surface area contributed by atoms with E-state index in [1.54, 1.807) is 0 Å². The highest BCUT2D eigenvalue weighted by Crippen LogP contribution is 2.36. The van der Waals surface area contributed by atoms with Crippen LogP contribution in [0.1, 0.15) is 41.8 Å². The molecule has 0 spiro atoms. The normalized spacial score (nSPS) is 18.8. The molecule has 5 rings (SSSR count). The van der Waals surface area contributed by atoms with Gasteiger partial charge in [0.2, 0.25) is 0 Å². The minimum Gasteiger partial charge on any atom is -0.346 e. The number of fused-ring (bicyclic) bond motifs is 2. The molecule has 2 aliphatic heterocycles. The Kier molecular flexibility index (Phi) is 3.71. The van der Waals surface area contributed by atoms with Gasteiger partial charge >= 0.3 is 0 Å². The summed E-state index contributed by atoms with van der Waals surface area (Å²) in [6.45, 7) is 6.14. The molecule has 5 nitrogen and oxygen atoms in total. The van der Waals surface area contributed by atoms with Crippen molar-refractivity contribution < 1.29 is 4.79 Å². The number of amides is 1. The van der Waals surface area contributed by atoms with Crippen LogP contribution in [0.15, 0.2) is 42.7 Å². The number of aromatic nitrogens is 2. The van der Waals surface area contributed by atoms with Gasteiger partial charge in [0.1, 0.15) is 5.65 Å². The number of nitrogens with zero attached hydrogens (tertiary/aromatic N) is 2. The van der Waals surface area contributed by atoms with Gasteiger partial charge in [0, 0.05) is 42.0 Å². The fourth-order valence-corrected chi connectivity index (χ4v) is 4.30. The minimum atomic E-state index is -0.350. The third-order valence-corrected chi connectivity index (χ3v) is 5.99. The fourth-order valence-electron chi connectivity index (χ4n) is 4.30. The van der Waals surface area contributed by atoms with Crippen molar-refractivity contribution in [3.8, 4) is 11.1 Å². The quantitative estimate of drug-likeness (QED) is 0.717. The summed E-state index contributed by atoms with van der Waals surface area (Å²) in [5, 5.41) is 4.17. The number of hydrogen-bond donors (Lipinski definition) is 2. The second-order valence-electron chi connectivity index (χ2n) is 8.40. The summed E-state index contributed by atoms with van der Waals surface area (Å²) in [7, 11) is 2.15. The topological polar surface area (TPSA) is 61.0 Å². The van der Waals surface area contributed by atoms with E-state index in [0.717, 1.165) is 52.8 Å². The zero-order valence-electron chi connectivity index (χ0n) is 16.5.